The van der Waals surface area contributed by atoms with Crippen molar-refractivity contribution in [1.82, 2.24) is 20.1 Å². The summed E-state index contributed by atoms with van der Waals surface area (Å²) in [5.74, 6) is -0.481. The van der Waals surface area contributed by atoms with Crippen LogP contribution in [0.5, 0.6) is 5.19 Å². The Bertz CT molecular complexity index is 1030. The van der Waals surface area contributed by atoms with Crippen molar-refractivity contribution in [3.63, 3.8) is 0 Å². The summed E-state index contributed by atoms with van der Waals surface area (Å²) < 4.78 is 4.99. The molecule has 2 heterocycles. The topological polar surface area (TPSA) is 97.3 Å². The van der Waals surface area contributed by atoms with Crippen LogP contribution in [0.25, 0.3) is 11.1 Å². The molecule has 0 aliphatic carbocycles. The molecule has 3 rings (SSSR count). The first-order chi connectivity index (χ1) is 13.4. The van der Waals surface area contributed by atoms with Crippen molar-refractivity contribution in [2.24, 2.45) is 0 Å². The predicted octanol–water partition coefficient (Wildman–Crippen LogP) is 2.87. The van der Waals surface area contributed by atoms with Crippen LogP contribution in [-0.2, 0) is 0 Å². The molecule has 2 amide bonds. The van der Waals surface area contributed by atoms with Gasteiger partial charge in [-0.05, 0) is 47.6 Å². The van der Waals surface area contributed by atoms with Gasteiger partial charge < -0.3 is 9.64 Å². The predicted molar refractivity (Wildman–Crippen MR) is 107 cm³/mol. The molecule has 0 aliphatic heterocycles. The molecule has 144 valence electrons. The minimum Gasteiger partial charge on any atom is -0.472 e. The summed E-state index contributed by atoms with van der Waals surface area (Å²) in [4.78, 5) is 30.9. The van der Waals surface area contributed by atoms with Gasteiger partial charge in [-0.3, -0.25) is 19.9 Å². The maximum atomic E-state index is 12.8. The van der Waals surface area contributed by atoms with Crippen LogP contribution in [0.3, 0.4) is 0 Å². The largest absolute Gasteiger partial charge is 0.472 e. The fourth-order valence-electron chi connectivity index (χ4n) is 2.56. The van der Waals surface area contributed by atoms with Crippen LogP contribution < -0.4 is 10.1 Å². The molecule has 0 aliphatic rings. The molecule has 3 aromatic rings. The van der Waals surface area contributed by atoms with Crippen molar-refractivity contribution in [2.75, 3.05) is 26.5 Å². The summed E-state index contributed by atoms with van der Waals surface area (Å²) in [6.45, 7) is 1.84. The molecule has 0 spiro atoms. The molecule has 0 saturated heterocycles. The van der Waals surface area contributed by atoms with E-state index in [1.54, 1.807) is 32.3 Å². The van der Waals surface area contributed by atoms with Crippen LogP contribution in [0.2, 0.25) is 0 Å². The number of amides is 2. The van der Waals surface area contributed by atoms with E-state index in [9.17, 15) is 9.59 Å². The number of anilines is 1. The Balaban J connectivity index is 1.98. The molecule has 0 fully saturated rings. The number of pyridine rings is 1. The summed E-state index contributed by atoms with van der Waals surface area (Å²) >= 11 is 1.12. The third kappa shape index (κ3) is 4.15. The van der Waals surface area contributed by atoms with Gasteiger partial charge in [0.15, 0.2) is 0 Å². The summed E-state index contributed by atoms with van der Waals surface area (Å²) in [5, 5.41) is 11.1. The minimum atomic E-state index is -0.370. The number of carbonyl (C=O) groups is 2. The second-order valence-corrected chi connectivity index (χ2v) is 7.12. The van der Waals surface area contributed by atoms with Gasteiger partial charge in [0.25, 0.3) is 17.0 Å². The Morgan fingerprint density at radius 1 is 1.18 bits per heavy atom. The fourth-order valence-corrected chi connectivity index (χ4v) is 3.12. The van der Waals surface area contributed by atoms with Gasteiger partial charge in [-0.15, -0.1) is 5.10 Å². The van der Waals surface area contributed by atoms with E-state index in [2.05, 4.69) is 20.5 Å². The first kappa shape index (κ1) is 19.4. The van der Waals surface area contributed by atoms with Gasteiger partial charge >= 0.3 is 0 Å². The molecule has 0 radical (unpaired) electrons. The van der Waals surface area contributed by atoms with Crippen molar-refractivity contribution in [2.45, 2.75) is 6.92 Å². The van der Waals surface area contributed by atoms with Gasteiger partial charge in [-0.1, -0.05) is 17.2 Å². The SMILES string of the molecule is COc1nnc(NC(=O)c2cnc(C)cc2-c2cccc(C(=O)N(C)C)c2)s1. The summed E-state index contributed by atoms with van der Waals surface area (Å²) in [6.07, 6.45) is 1.51. The number of rotatable bonds is 5. The molecule has 8 nitrogen and oxygen atoms in total. The molecule has 2 aromatic heterocycles. The lowest BCUT2D eigenvalue weighted by Crippen LogP contribution is -2.21. The van der Waals surface area contributed by atoms with Crippen molar-refractivity contribution in [3.05, 3.63) is 53.3 Å². The molecule has 9 heteroatoms. The zero-order chi connectivity index (χ0) is 20.3. The second kappa shape index (κ2) is 8.13. The van der Waals surface area contributed by atoms with Crippen molar-refractivity contribution in [3.8, 4) is 16.3 Å². The van der Waals surface area contributed by atoms with E-state index in [0.717, 1.165) is 22.6 Å². The Labute approximate surface area is 166 Å². The third-order valence-electron chi connectivity index (χ3n) is 3.91. The molecule has 0 atom stereocenters. The summed E-state index contributed by atoms with van der Waals surface area (Å²) in [7, 11) is 4.87. The first-order valence-corrected chi connectivity index (χ1v) is 9.18. The van der Waals surface area contributed by atoms with Crippen LogP contribution in [0, 0.1) is 6.92 Å². The van der Waals surface area contributed by atoms with Crippen LogP contribution in [0.1, 0.15) is 26.4 Å². The molecule has 0 saturated carbocycles. The maximum Gasteiger partial charge on any atom is 0.295 e. The summed E-state index contributed by atoms with van der Waals surface area (Å²) in [5.41, 5.74) is 3.09. The highest BCUT2D eigenvalue weighted by Gasteiger charge is 2.18. The van der Waals surface area contributed by atoms with E-state index >= 15 is 0 Å². The summed E-state index contributed by atoms with van der Waals surface area (Å²) in [6, 6.07) is 8.97. The maximum absolute atomic E-state index is 12.8. The number of hydrogen-bond acceptors (Lipinski definition) is 7. The van der Waals surface area contributed by atoms with Gasteiger partial charge in [0.2, 0.25) is 5.13 Å². The molecule has 1 aromatic carbocycles. The molecule has 0 bridgehead atoms. The van der Waals surface area contributed by atoms with E-state index in [1.165, 1.54) is 18.2 Å². The molecular formula is C19H19N5O3S. The van der Waals surface area contributed by atoms with Crippen molar-refractivity contribution in [1.29, 1.82) is 0 Å². The average Bonchev–Trinajstić information content (AvgIpc) is 3.14. The quantitative estimate of drug-likeness (QED) is 0.711. The number of ether oxygens (including phenoxy) is 1. The van der Waals surface area contributed by atoms with Crippen LogP contribution in [0.15, 0.2) is 36.5 Å². The van der Waals surface area contributed by atoms with E-state index in [0.29, 0.717) is 27.0 Å². The molecular weight excluding hydrogens is 378 g/mol. The lowest BCUT2D eigenvalue weighted by atomic mass is 9.98. The molecule has 28 heavy (non-hydrogen) atoms. The van der Waals surface area contributed by atoms with Crippen LogP contribution >= 0.6 is 11.3 Å². The van der Waals surface area contributed by atoms with Crippen LogP contribution in [0.4, 0.5) is 5.13 Å². The van der Waals surface area contributed by atoms with Gasteiger partial charge in [0, 0.05) is 31.5 Å². The van der Waals surface area contributed by atoms with E-state index in [-0.39, 0.29) is 11.8 Å². The zero-order valence-electron chi connectivity index (χ0n) is 15.9. The first-order valence-electron chi connectivity index (χ1n) is 8.36. The lowest BCUT2D eigenvalue weighted by Gasteiger charge is -2.13. The number of aromatic nitrogens is 3. The average molecular weight is 397 g/mol. The second-order valence-electron chi connectivity index (χ2n) is 6.18. The highest BCUT2D eigenvalue weighted by Crippen LogP contribution is 2.27. The van der Waals surface area contributed by atoms with Gasteiger partial charge in [0.1, 0.15) is 0 Å². The minimum absolute atomic E-state index is 0.111. The highest BCUT2D eigenvalue weighted by molar-refractivity contribution is 7.17. The van der Waals surface area contributed by atoms with Gasteiger partial charge in [-0.2, -0.15) is 0 Å². The number of hydrogen-bond donors (Lipinski definition) is 1. The Morgan fingerprint density at radius 2 is 1.96 bits per heavy atom. The molecule has 1 N–H and O–H groups in total. The van der Waals surface area contributed by atoms with Gasteiger partial charge in [-0.25, -0.2) is 0 Å². The highest BCUT2D eigenvalue weighted by atomic mass is 32.1. The third-order valence-corrected chi connectivity index (χ3v) is 4.71. The van der Waals surface area contributed by atoms with E-state index < -0.39 is 0 Å². The lowest BCUT2D eigenvalue weighted by molar-refractivity contribution is 0.0827. The number of nitrogens with one attached hydrogen (secondary N) is 1. The Hall–Kier alpha value is -3.33. The number of methoxy groups -OCH3 is 1. The Morgan fingerprint density at radius 3 is 2.64 bits per heavy atom. The van der Waals surface area contributed by atoms with Gasteiger partial charge in [0.05, 0.1) is 12.7 Å². The van der Waals surface area contributed by atoms with Crippen molar-refractivity contribution >= 4 is 28.3 Å². The number of nitrogens with zero attached hydrogens (tertiary/aromatic N) is 4. The monoisotopic (exact) mass is 397 g/mol. The molecule has 0 unspecified atom stereocenters. The number of carbonyl (C=O) groups excluding carboxylic acids is 2. The standard InChI is InChI=1S/C19H19N5O3S/c1-11-8-14(12-6-5-7-13(9-12)17(26)24(2)3)15(10-20-11)16(25)21-18-22-23-19(27-4)28-18/h5-10H,1-4H3,(H,21,22,25). The number of benzene rings is 1. The zero-order valence-corrected chi connectivity index (χ0v) is 16.7. The smallest absolute Gasteiger partial charge is 0.295 e. The van der Waals surface area contributed by atoms with Crippen molar-refractivity contribution < 1.29 is 14.3 Å². The van der Waals surface area contributed by atoms with E-state index in [1.807, 2.05) is 19.1 Å². The normalized spacial score (nSPS) is 10.4. The number of aryl methyl sites for hydroxylation is 1. The van der Waals surface area contributed by atoms with E-state index in [4.69, 9.17) is 4.74 Å². The fraction of sp³-hybridized carbons (Fsp3) is 0.211. The van der Waals surface area contributed by atoms with Crippen LogP contribution in [-0.4, -0.2) is 53.1 Å². The Kier molecular flexibility index (Phi) is 5.65.